The number of benzene rings is 1. The summed E-state index contributed by atoms with van der Waals surface area (Å²) in [6, 6.07) is 21.1. The highest BCUT2D eigenvalue weighted by Gasteiger charge is 2.37. The third-order valence-electron chi connectivity index (χ3n) is 10.5. The number of halogens is 18. The number of aromatic nitrogens is 10. The maximum absolute atomic E-state index is 13.5. The number of aryl methyl sites for hydroxylation is 4. The Balaban J connectivity index is 0.000000183. The summed E-state index contributed by atoms with van der Waals surface area (Å²) in [7, 11) is 0. The molecule has 11 nitrogen and oxygen atoms in total. The summed E-state index contributed by atoms with van der Waals surface area (Å²) in [6.07, 6.45) is -11.4. The highest BCUT2D eigenvalue weighted by atomic mass is 79.9. The van der Waals surface area contributed by atoms with Crippen LogP contribution in [-0.4, -0.2) is 50.1 Å². The fraction of sp³-hybridized carbons (Fsp3) is 0.208. The largest absolute Gasteiger partial charge is 0.454 e. The zero-order valence-electron chi connectivity index (χ0n) is 42.5. The van der Waals surface area contributed by atoms with Gasteiger partial charge in [0, 0.05) is 77.5 Å². The zero-order valence-corrected chi connectivity index (χ0v) is 44.0. The molecule has 1 aromatic carbocycles. The third-order valence-corrected chi connectivity index (χ3v) is 11.1. The lowest BCUT2D eigenvalue weighted by atomic mass is 10.1. The van der Waals surface area contributed by atoms with Gasteiger partial charge >= 0.3 is 30.9 Å². The van der Waals surface area contributed by atoms with E-state index in [-0.39, 0.29) is 54.5 Å². The van der Waals surface area contributed by atoms with Gasteiger partial charge in [0.05, 0.1) is 45.2 Å². The number of pyridine rings is 6. The Morgan fingerprint density at radius 3 is 1.61 bits per heavy atom. The molecule has 0 saturated heterocycles. The molecule has 0 radical (unpaired) electrons. The van der Waals surface area contributed by atoms with E-state index in [0.29, 0.717) is 17.0 Å². The highest BCUT2D eigenvalue weighted by Crippen LogP contribution is 2.39. The molecular weight excluding hydrogens is 1200 g/mol. The van der Waals surface area contributed by atoms with Crippen molar-refractivity contribution in [3.8, 4) is 11.3 Å². The summed E-state index contributed by atoms with van der Waals surface area (Å²) < 4.78 is 216. The molecule has 0 fully saturated rings. The molecule has 0 spiro atoms. The number of rotatable bonds is 2. The molecule has 0 aliphatic heterocycles. The molecule has 0 unspecified atom stereocenters. The van der Waals surface area contributed by atoms with Crippen LogP contribution in [0.2, 0.25) is 0 Å². The molecule has 10 rings (SSSR count). The highest BCUT2D eigenvalue weighted by molar-refractivity contribution is 9.10. The topological polar surface area (TPSA) is 142 Å². The molecule has 9 aromatic heterocycles. The Labute approximate surface area is 461 Å². The van der Waals surface area contributed by atoms with Crippen molar-refractivity contribution < 1.29 is 79.1 Å². The molecule has 0 amide bonds. The van der Waals surface area contributed by atoms with E-state index in [1.807, 2.05) is 30.3 Å². The summed E-state index contributed by atoms with van der Waals surface area (Å²) in [5, 5.41) is 6.62. The van der Waals surface area contributed by atoms with Gasteiger partial charge < -0.3 is 4.42 Å². The molecule has 82 heavy (non-hydrogen) atoms. The average Bonchev–Trinajstić information content (AvgIpc) is 4.08. The number of hydrogen-bond acceptors (Lipinski definition) is 11. The van der Waals surface area contributed by atoms with E-state index < -0.39 is 64.8 Å². The zero-order chi connectivity index (χ0) is 61.0. The van der Waals surface area contributed by atoms with Gasteiger partial charge in [0.15, 0.2) is 16.9 Å². The van der Waals surface area contributed by atoms with Crippen LogP contribution in [0.1, 0.15) is 62.9 Å². The van der Waals surface area contributed by atoms with Crippen LogP contribution in [-0.2, 0) is 36.8 Å². The summed E-state index contributed by atoms with van der Waals surface area (Å²) in [4.78, 5) is 29.4. The van der Waals surface area contributed by atoms with Crippen molar-refractivity contribution in [2.45, 2.75) is 71.4 Å². The first-order valence-corrected chi connectivity index (χ1v) is 23.6. The summed E-state index contributed by atoms with van der Waals surface area (Å²) in [5.41, 5.74) is -1.42. The minimum Gasteiger partial charge on any atom is -0.454 e. The molecule has 0 N–H and O–H groups in total. The van der Waals surface area contributed by atoms with Crippen LogP contribution in [0.3, 0.4) is 0 Å². The average molecular weight is 1230 g/mol. The maximum atomic E-state index is 13.5. The SMILES string of the molecule is CC(F)(F)c1ccnc2cc(-c3ccccc3)oc12.Cc1ccc2c(C(F)(F)F)ccnc2n1.Cc1cncc(Br)c1C(F)(F)F.Cc1cncnc1C(F)(F)F.Cc1nnccc1C(F)(F)F.FC(F)(F)c1ccnc2cccnc12. The molecule has 432 valence electrons. The monoisotopic (exact) mass is 1230 g/mol. The molecule has 29 heteroatoms. The number of furan rings is 1. The lowest BCUT2D eigenvalue weighted by molar-refractivity contribution is -0.142. The number of fused-ring (bicyclic) bond motifs is 3. The number of alkyl halides is 17. The Morgan fingerprint density at radius 1 is 0.488 bits per heavy atom. The van der Waals surface area contributed by atoms with Gasteiger partial charge in [-0.3, -0.25) is 19.9 Å². The van der Waals surface area contributed by atoms with Gasteiger partial charge in [-0.25, -0.2) is 28.7 Å². The van der Waals surface area contributed by atoms with Gasteiger partial charge in [0.1, 0.15) is 23.1 Å². The standard InChI is InChI=1S/C15H11F2NO.C10H7F3N2.C9H5F3N2.C7H5BrF3N.2C6H5F3N2/c1-15(16,17)11-7-8-18-12-9-13(19-14(11)12)10-5-3-2-4-6-10;1-6-2-3-7-8(10(11,12)13)4-5-14-9(7)15-6;10-9(11,12)6-3-5-13-7-2-1-4-14-8(6)7;1-4-2-12-3-5(8)6(4)7(9,10)11;1-4-2-10-3-11-5(4)6(7,8)9;1-4-5(6(7,8)9)2-3-10-11-4/h2-9H,1H3;2-5H,1H3;1-5H;2-3H,1H3;2*2-3H,1H3. The summed E-state index contributed by atoms with van der Waals surface area (Å²) >= 11 is 2.80. The van der Waals surface area contributed by atoms with E-state index in [0.717, 1.165) is 68.0 Å². The van der Waals surface area contributed by atoms with Crippen molar-refractivity contribution in [1.29, 1.82) is 0 Å². The Bertz CT molecular complexity index is 3640. The van der Waals surface area contributed by atoms with Gasteiger partial charge in [-0.1, -0.05) is 30.3 Å². The second kappa shape index (κ2) is 26.5. The van der Waals surface area contributed by atoms with Gasteiger partial charge in [0.25, 0.3) is 5.92 Å². The van der Waals surface area contributed by atoms with Gasteiger partial charge in [0.2, 0.25) is 0 Å². The van der Waals surface area contributed by atoms with E-state index in [9.17, 15) is 74.6 Å². The molecular formula is C53H38BrF17N10O. The van der Waals surface area contributed by atoms with Crippen LogP contribution in [0.15, 0.2) is 150 Å². The molecule has 0 aliphatic carbocycles. The molecule has 0 bridgehead atoms. The second-order valence-electron chi connectivity index (χ2n) is 16.7. The Morgan fingerprint density at radius 2 is 1.07 bits per heavy atom. The second-order valence-corrected chi connectivity index (χ2v) is 17.6. The van der Waals surface area contributed by atoms with Crippen molar-refractivity contribution in [1.82, 2.24) is 50.1 Å². The fourth-order valence-corrected chi connectivity index (χ4v) is 7.55. The van der Waals surface area contributed by atoms with Crippen molar-refractivity contribution in [3.63, 3.8) is 0 Å². The van der Waals surface area contributed by atoms with E-state index in [4.69, 9.17) is 4.42 Å². The molecule has 0 atom stereocenters. The van der Waals surface area contributed by atoms with Crippen molar-refractivity contribution in [3.05, 3.63) is 201 Å². The minimum atomic E-state index is -4.38. The van der Waals surface area contributed by atoms with Crippen LogP contribution < -0.4 is 0 Å². The van der Waals surface area contributed by atoms with E-state index in [2.05, 4.69) is 66.0 Å². The molecule has 10 aromatic rings. The number of nitrogens with zero attached hydrogens (tertiary/aromatic N) is 10. The first kappa shape index (κ1) is 64.5. The lowest BCUT2D eigenvalue weighted by Crippen LogP contribution is -2.10. The quantitative estimate of drug-likeness (QED) is 0.153. The van der Waals surface area contributed by atoms with Gasteiger partial charge in [-0.05, 0) is 103 Å². The first-order valence-electron chi connectivity index (χ1n) is 22.8. The van der Waals surface area contributed by atoms with E-state index in [1.165, 1.54) is 57.6 Å². The van der Waals surface area contributed by atoms with Gasteiger partial charge in [-0.15, -0.1) is 0 Å². The van der Waals surface area contributed by atoms with Crippen LogP contribution >= 0.6 is 15.9 Å². The molecule has 9 heterocycles. The van der Waals surface area contributed by atoms with Crippen molar-refractivity contribution >= 4 is 49.1 Å². The lowest BCUT2D eigenvalue weighted by Gasteiger charge is -2.10. The van der Waals surface area contributed by atoms with Gasteiger partial charge in [-0.2, -0.15) is 76.1 Å². The van der Waals surface area contributed by atoms with E-state index in [1.54, 1.807) is 25.1 Å². The predicted octanol–water partition coefficient (Wildman–Crippen LogP) is 17.0. The van der Waals surface area contributed by atoms with E-state index >= 15 is 0 Å². The van der Waals surface area contributed by atoms with Crippen LogP contribution in [0.5, 0.6) is 0 Å². The predicted molar refractivity (Wildman–Crippen MR) is 268 cm³/mol. The summed E-state index contributed by atoms with van der Waals surface area (Å²) in [6.45, 7) is 6.53. The van der Waals surface area contributed by atoms with Crippen LogP contribution in [0, 0.1) is 27.7 Å². The first-order chi connectivity index (χ1) is 38.1. The smallest absolute Gasteiger partial charge is 0.433 e. The normalized spacial score (nSPS) is 11.8. The fourth-order valence-electron chi connectivity index (χ4n) is 6.90. The summed E-state index contributed by atoms with van der Waals surface area (Å²) in [5.74, 6) is -2.41. The maximum Gasteiger partial charge on any atom is 0.433 e. The van der Waals surface area contributed by atoms with Crippen LogP contribution in [0.4, 0.5) is 74.6 Å². The van der Waals surface area contributed by atoms with Crippen molar-refractivity contribution in [2.75, 3.05) is 0 Å². The van der Waals surface area contributed by atoms with Crippen molar-refractivity contribution in [2.24, 2.45) is 0 Å². The third kappa shape index (κ3) is 17.8. The minimum absolute atomic E-state index is 0.0185. The molecule has 0 aliphatic rings. The number of hydrogen-bond donors (Lipinski definition) is 0. The molecule has 0 saturated carbocycles. The van der Waals surface area contributed by atoms with Crippen LogP contribution in [0.25, 0.3) is 44.5 Å². The Kier molecular flexibility index (Phi) is 20.8. The Hall–Kier alpha value is -8.37.